The van der Waals surface area contributed by atoms with Gasteiger partial charge in [0.15, 0.2) is 0 Å². The Kier molecular flexibility index (Phi) is 6.80. The number of methoxy groups -OCH3 is 2. The summed E-state index contributed by atoms with van der Waals surface area (Å²) in [4.78, 5) is 12.5. The molecule has 2 rings (SSSR count). The molecule has 1 aromatic heterocycles. The minimum absolute atomic E-state index is 0.0393. The van der Waals surface area contributed by atoms with E-state index in [1.807, 2.05) is 26.0 Å². The molecule has 1 unspecified atom stereocenters. The molecule has 1 N–H and O–H groups in total. The highest BCUT2D eigenvalue weighted by Gasteiger charge is 2.16. The quantitative estimate of drug-likeness (QED) is 0.595. The molecule has 0 saturated carbocycles. The molecular formula is C21H25N3O3. The first-order valence-electron chi connectivity index (χ1n) is 8.65. The standard InChI is InChI=1S/C21H25N3O3/c1-14-9-17(16(3)24(14)15(2)13-26-4)10-18(12-22)21(25)23-19-7-6-8-20(11-19)27-5/h6-11,15H,13H2,1-5H3,(H,23,25)/b18-10+. The van der Waals surface area contributed by atoms with Crippen LogP contribution >= 0.6 is 0 Å². The predicted octanol–water partition coefficient (Wildman–Crippen LogP) is 3.87. The van der Waals surface area contributed by atoms with Crippen LogP contribution in [0.3, 0.4) is 0 Å². The van der Waals surface area contributed by atoms with Gasteiger partial charge in [0.05, 0.1) is 19.8 Å². The number of amides is 1. The average Bonchev–Trinajstić information content (AvgIpc) is 2.93. The number of aryl methyl sites for hydroxylation is 1. The van der Waals surface area contributed by atoms with E-state index in [0.717, 1.165) is 17.0 Å². The maximum Gasteiger partial charge on any atom is 0.266 e. The van der Waals surface area contributed by atoms with Crippen LogP contribution in [0.25, 0.3) is 6.08 Å². The van der Waals surface area contributed by atoms with Crippen molar-refractivity contribution < 1.29 is 14.3 Å². The Morgan fingerprint density at radius 3 is 2.70 bits per heavy atom. The smallest absolute Gasteiger partial charge is 0.266 e. The van der Waals surface area contributed by atoms with Crippen LogP contribution in [0.5, 0.6) is 5.75 Å². The molecule has 6 heteroatoms. The number of aromatic nitrogens is 1. The highest BCUT2D eigenvalue weighted by Crippen LogP contribution is 2.23. The van der Waals surface area contributed by atoms with Crippen molar-refractivity contribution in [3.05, 3.63) is 52.9 Å². The molecule has 0 radical (unpaired) electrons. The number of carbonyl (C=O) groups excluding carboxylic acids is 1. The summed E-state index contributed by atoms with van der Waals surface area (Å²) in [7, 11) is 3.23. The predicted molar refractivity (Wildman–Crippen MR) is 106 cm³/mol. The number of hydrogen-bond acceptors (Lipinski definition) is 4. The van der Waals surface area contributed by atoms with E-state index >= 15 is 0 Å². The van der Waals surface area contributed by atoms with Crippen LogP contribution in [0, 0.1) is 25.2 Å². The number of carbonyl (C=O) groups is 1. The molecular weight excluding hydrogens is 342 g/mol. The van der Waals surface area contributed by atoms with Crippen molar-refractivity contribution in [2.45, 2.75) is 26.8 Å². The summed E-state index contributed by atoms with van der Waals surface area (Å²) in [6, 6.07) is 11.1. The zero-order chi connectivity index (χ0) is 20.0. The molecule has 1 heterocycles. The second kappa shape index (κ2) is 9.06. The van der Waals surface area contributed by atoms with Crippen LogP contribution in [0.2, 0.25) is 0 Å². The van der Waals surface area contributed by atoms with Gasteiger partial charge in [-0.25, -0.2) is 0 Å². The highest BCUT2D eigenvalue weighted by molar-refractivity contribution is 6.09. The number of rotatable bonds is 7. The van der Waals surface area contributed by atoms with E-state index in [9.17, 15) is 10.1 Å². The van der Waals surface area contributed by atoms with Gasteiger partial charge in [0.2, 0.25) is 0 Å². The first kappa shape index (κ1) is 20.3. The molecule has 0 aliphatic carbocycles. The summed E-state index contributed by atoms with van der Waals surface area (Å²) < 4.78 is 12.5. The molecule has 0 aliphatic rings. The average molecular weight is 367 g/mol. The summed E-state index contributed by atoms with van der Waals surface area (Å²) in [6.45, 7) is 6.62. The normalized spacial score (nSPS) is 12.4. The lowest BCUT2D eigenvalue weighted by Crippen LogP contribution is -2.14. The highest BCUT2D eigenvalue weighted by atomic mass is 16.5. The van der Waals surface area contributed by atoms with E-state index in [-0.39, 0.29) is 11.6 Å². The van der Waals surface area contributed by atoms with E-state index in [2.05, 4.69) is 16.8 Å². The van der Waals surface area contributed by atoms with Gasteiger partial charge >= 0.3 is 0 Å². The number of hydrogen-bond donors (Lipinski definition) is 1. The molecule has 6 nitrogen and oxygen atoms in total. The van der Waals surface area contributed by atoms with Crippen molar-refractivity contribution in [2.75, 3.05) is 26.1 Å². The third-order valence-electron chi connectivity index (χ3n) is 4.36. The fourth-order valence-electron chi connectivity index (χ4n) is 3.15. The molecule has 0 aliphatic heterocycles. The Morgan fingerprint density at radius 2 is 2.07 bits per heavy atom. The molecule has 1 atom stereocenters. The van der Waals surface area contributed by atoms with Gasteiger partial charge in [-0.1, -0.05) is 6.07 Å². The van der Waals surface area contributed by atoms with Crippen LogP contribution in [-0.2, 0) is 9.53 Å². The Labute approximate surface area is 160 Å². The number of ether oxygens (including phenoxy) is 2. The maximum absolute atomic E-state index is 12.5. The van der Waals surface area contributed by atoms with E-state index in [0.29, 0.717) is 18.0 Å². The zero-order valence-corrected chi connectivity index (χ0v) is 16.4. The van der Waals surface area contributed by atoms with Crippen molar-refractivity contribution in [1.82, 2.24) is 4.57 Å². The monoisotopic (exact) mass is 367 g/mol. The largest absolute Gasteiger partial charge is 0.497 e. The molecule has 27 heavy (non-hydrogen) atoms. The summed E-state index contributed by atoms with van der Waals surface area (Å²) in [5, 5.41) is 12.2. The van der Waals surface area contributed by atoms with Crippen LogP contribution in [0.1, 0.15) is 29.9 Å². The summed E-state index contributed by atoms with van der Waals surface area (Å²) >= 11 is 0. The van der Waals surface area contributed by atoms with Crippen molar-refractivity contribution in [2.24, 2.45) is 0 Å². The molecule has 2 aromatic rings. The first-order valence-corrected chi connectivity index (χ1v) is 8.65. The first-order chi connectivity index (χ1) is 12.9. The van der Waals surface area contributed by atoms with Gasteiger partial charge in [0.25, 0.3) is 5.91 Å². The number of benzene rings is 1. The lowest BCUT2D eigenvalue weighted by molar-refractivity contribution is -0.112. The Hall–Kier alpha value is -3.04. The minimum atomic E-state index is -0.458. The van der Waals surface area contributed by atoms with Crippen LogP contribution < -0.4 is 10.1 Å². The fourth-order valence-corrected chi connectivity index (χ4v) is 3.15. The topological polar surface area (TPSA) is 76.3 Å². The second-order valence-electron chi connectivity index (χ2n) is 6.36. The maximum atomic E-state index is 12.5. The molecule has 0 bridgehead atoms. The minimum Gasteiger partial charge on any atom is -0.497 e. The van der Waals surface area contributed by atoms with E-state index in [4.69, 9.17) is 9.47 Å². The number of nitrogens with zero attached hydrogens (tertiary/aromatic N) is 2. The second-order valence-corrected chi connectivity index (χ2v) is 6.36. The molecule has 0 saturated heterocycles. The molecule has 1 aromatic carbocycles. The van der Waals surface area contributed by atoms with Gasteiger partial charge in [0.1, 0.15) is 17.4 Å². The van der Waals surface area contributed by atoms with Gasteiger partial charge in [0, 0.05) is 30.3 Å². The third-order valence-corrected chi connectivity index (χ3v) is 4.36. The van der Waals surface area contributed by atoms with Crippen molar-refractivity contribution in [3.8, 4) is 11.8 Å². The van der Waals surface area contributed by atoms with Gasteiger partial charge < -0.3 is 19.4 Å². The van der Waals surface area contributed by atoms with E-state index < -0.39 is 5.91 Å². The molecule has 1 amide bonds. The Morgan fingerprint density at radius 1 is 1.33 bits per heavy atom. The summed E-state index contributed by atoms with van der Waals surface area (Å²) in [5.41, 5.74) is 3.48. The number of nitrogens with one attached hydrogen (secondary N) is 1. The molecule has 0 fully saturated rings. The van der Waals surface area contributed by atoms with Gasteiger partial charge in [-0.3, -0.25) is 4.79 Å². The fraction of sp³-hybridized carbons (Fsp3) is 0.333. The van der Waals surface area contributed by atoms with E-state index in [1.165, 1.54) is 0 Å². The van der Waals surface area contributed by atoms with Crippen molar-refractivity contribution in [1.29, 1.82) is 5.26 Å². The molecule has 142 valence electrons. The number of nitriles is 1. The zero-order valence-electron chi connectivity index (χ0n) is 16.4. The number of anilines is 1. The van der Waals surface area contributed by atoms with Crippen LogP contribution in [-0.4, -0.2) is 31.3 Å². The van der Waals surface area contributed by atoms with Gasteiger partial charge in [-0.2, -0.15) is 5.26 Å². The third kappa shape index (κ3) is 4.78. The molecule has 0 spiro atoms. The SMILES string of the molecule is COCC(C)n1c(C)cc(/C=C(\C#N)C(=O)Nc2cccc(OC)c2)c1C. The lowest BCUT2D eigenvalue weighted by Gasteiger charge is -2.17. The summed E-state index contributed by atoms with van der Waals surface area (Å²) in [6.07, 6.45) is 1.62. The summed E-state index contributed by atoms with van der Waals surface area (Å²) in [5.74, 6) is 0.173. The Bertz CT molecular complexity index is 891. The Balaban J connectivity index is 2.29. The lowest BCUT2D eigenvalue weighted by atomic mass is 10.1. The van der Waals surface area contributed by atoms with Crippen LogP contribution in [0.15, 0.2) is 35.9 Å². The van der Waals surface area contributed by atoms with Gasteiger partial charge in [-0.05, 0) is 50.6 Å². The van der Waals surface area contributed by atoms with Crippen LogP contribution in [0.4, 0.5) is 5.69 Å². The van der Waals surface area contributed by atoms with E-state index in [1.54, 1.807) is 44.6 Å². The van der Waals surface area contributed by atoms with Crippen molar-refractivity contribution in [3.63, 3.8) is 0 Å². The van der Waals surface area contributed by atoms with Crippen molar-refractivity contribution >= 4 is 17.7 Å². The van der Waals surface area contributed by atoms with Gasteiger partial charge in [-0.15, -0.1) is 0 Å².